The van der Waals surface area contributed by atoms with Crippen LogP contribution >= 0.6 is 22.9 Å². The van der Waals surface area contributed by atoms with E-state index in [2.05, 4.69) is 25.9 Å². The predicted octanol–water partition coefficient (Wildman–Crippen LogP) is 5.37. The second kappa shape index (κ2) is 14.5. The monoisotopic (exact) mass is 796 g/mol. The number of nitriles is 1. The zero-order chi connectivity index (χ0) is 38.5. The highest BCUT2D eigenvalue weighted by molar-refractivity contribution is 7.89. The number of nitrogens with one attached hydrogen (secondary N) is 1. The molecule has 1 aliphatic carbocycles. The van der Waals surface area contributed by atoms with E-state index in [1.54, 1.807) is 31.2 Å². The number of aryl methyl sites for hydroxylation is 1. The SMILES string of the molecule is Cc1nc2cnc(N(C)C3CCN(C4CC(F)(F)C4)CC3)c(C#N)c2c(=O)n1CCOc1ccc(Cl)cc1-c1ccnc2c(C(=O)NS(C)(=O)=O)csc12. The third kappa shape index (κ3) is 7.35. The van der Waals surface area contributed by atoms with Crippen LogP contribution in [0.3, 0.4) is 0 Å². The van der Waals surface area contributed by atoms with E-state index in [1.165, 1.54) is 33.7 Å². The maximum Gasteiger partial charge on any atom is 0.267 e. The molecule has 1 saturated carbocycles. The Kier molecular flexibility index (Phi) is 10.1. The van der Waals surface area contributed by atoms with Crippen molar-refractivity contribution in [1.82, 2.24) is 29.1 Å². The number of hydrogen-bond donors (Lipinski definition) is 1. The molecule has 0 spiro atoms. The minimum atomic E-state index is -3.79. The summed E-state index contributed by atoms with van der Waals surface area (Å²) in [5.41, 5.74) is 1.66. The number of benzene rings is 1. The number of sulfonamides is 1. The van der Waals surface area contributed by atoms with Crippen molar-refractivity contribution in [2.75, 3.05) is 37.9 Å². The molecule has 7 rings (SSSR count). The van der Waals surface area contributed by atoms with Gasteiger partial charge in [0.1, 0.15) is 35.6 Å². The average molecular weight is 797 g/mol. The van der Waals surface area contributed by atoms with E-state index >= 15 is 0 Å². The van der Waals surface area contributed by atoms with Gasteiger partial charge in [-0.3, -0.25) is 24.0 Å². The maximum absolute atomic E-state index is 14.1. The number of rotatable bonds is 10. The van der Waals surface area contributed by atoms with Crippen molar-refractivity contribution in [3.63, 3.8) is 0 Å². The number of nitrogens with zero attached hydrogens (tertiary/aromatic N) is 7. The first-order valence-corrected chi connectivity index (χ1v) is 20.2. The van der Waals surface area contributed by atoms with Gasteiger partial charge in [0.05, 0.1) is 45.7 Å². The number of ether oxygens (including phenoxy) is 1. The van der Waals surface area contributed by atoms with Gasteiger partial charge in [-0.05, 0) is 44.0 Å². The predicted molar refractivity (Wildman–Crippen MR) is 202 cm³/mol. The number of carbonyl (C=O) groups is 1. The number of piperidine rings is 1. The quantitative estimate of drug-likeness (QED) is 0.193. The van der Waals surface area contributed by atoms with Crippen LogP contribution in [-0.2, 0) is 16.6 Å². The third-order valence-corrected chi connectivity index (χ3v) is 11.8. The zero-order valence-electron chi connectivity index (χ0n) is 29.5. The Morgan fingerprint density at radius 3 is 2.63 bits per heavy atom. The number of anilines is 1. The fourth-order valence-corrected chi connectivity index (χ4v) is 8.91. The second-order valence-corrected chi connectivity index (χ2v) is 16.7. The van der Waals surface area contributed by atoms with Crippen LogP contribution in [-0.4, -0.2) is 89.7 Å². The number of likely N-dealkylation sites (tertiary alicyclic amines) is 1. The summed E-state index contributed by atoms with van der Waals surface area (Å²) >= 11 is 7.63. The number of carbonyl (C=O) groups excluding carboxylic acids is 1. The minimum Gasteiger partial charge on any atom is -0.491 e. The Morgan fingerprint density at radius 1 is 1.20 bits per heavy atom. The number of fused-ring (bicyclic) bond motifs is 2. The van der Waals surface area contributed by atoms with Gasteiger partial charge in [0.25, 0.3) is 17.4 Å². The second-order valence-electron chi connectivity index (χ2n) is 13.6. The fraction of sp³-hybridized carbons (Fsp3) is 0.389. The first-order chi connectivity index (χ1) is 25.6. The van der Waals surface area contributed by atoms with Crippen molar-refractivity contribution >= 4 is 65.8 Å². The van der Waals surface area contributed by atoms with Gasteiger partial charge in [0.2, 0.25) is 10.0 Å². The molecule has 0 atom stereocenters. The van der Waals surface area contributed by atoms with E-state index in [4.69, 9.17) is 16.3 Å². The van der Waals surface area contributed by atoms with Crippen LogP contribution in [0.15, 0.2) is 46.8 Å². The highest BCUT2D eigenvalue weighted by Crippen LogP contribution is 2.42. The molecule has 1 amide bonds. The molecule has 2 fully saturated rings. The summed E-state index contributed by atoms with van der Waals surface area (Å²) in [4.78, 5) is 44.3. The first kappa shape index (κ1) is 37.6. The number of halogens is 3. The number of alkyl halides is 2. The van der Waals surface area contributed by atoms with Gasteiger partial charge in [-0.25, -0.2) is 31.9 Å². The van der Waals surface area contributed by atoms with Crippen molar-refractivity contribution in [3.05, 3.63) is 74.4 Å². The average Bonchev–Trinajstić information content (AvgIpc) is 3.56. The molecule has 4 aromatic heterocycles. The largest absolute Gasteiger partial charge is 0.491 e. The van der Waals surface area contributed by atoms with Gasteiger partial charge in [0, 0.05) is 72.8 Å². The molecule has 18 heteroatoms. The molecule has 1 N–H and O–H groups in total. The van der Waals surface area contributed by atoms with Gasteiger partial charge in [-0.15, -0.1) is 11.3 Å². The lowest BCUT2D eigenvalue weighted by molar-refractivity contribution is -0.127. The van der Waals surface area contributed by atoms with Crippen LogP contribution in [0.5, 0.6) is 5.75 Å². The summed E-state index contributed by atoms with van der Waals surface area (Å²) in [7, 11) is -1.96. The highest BCUT2D eigenvalue weighted by Gasteiger charge is 2.48. The smallest absolute Gasteiger partial charge is 0.267 e. The van der Waals surface area contributed by atoms with E-state index in [0.29, 0.717) is 75.2 Å². The van der Waals surface area contributed by atoms with Gasteiger partial charge < -0.3 is 9.64 Å². The normalized spacial score (nSPS) is 16.6. The standard InChI is InChI=1S/C36H35ClF2N8O5S2/c1-20-43-28-18-42-33(45(2)22-7-10-46(11-8-22)23-15-36(38,39)16-23)26(17-40)30(28)35(49)47(20)12-13-52-29-5-4-21(37)14-25(29)24-6-9-41-31-27(19-53-32(24)31)34(48)44-54(3,50)51/h4-6,9,14,18-19,22-23H,7-8,10-13,15-16H2,1-3H3,(H,44,48). The number of hydrogen-bond acceptors (Lipinski definition) is 12. The van der Waals surface area contributed by atoms with Crippen molar-refractivity contribution in [2.24, 2.45) is 0 Å². The highest BCUT2D eigenvalue weighted by atomic mass is 35.5. The lowest BCUT2D eigenvalue weighted by atomic mass is 9.85. The van der Waals surface area contributed by atoms with Gasteiger partial charge in [-0.1, -0.05) is 11.6 Å². The zero-order valence-corrected chi connectivity index (χ0v) is 31.9. The van der Waals surface area contributed by atoms with Crippen LogP contribution in [0, 0.1) is 18.3 Å². The summed E-state index contributed by atoms with van der Waals surface area (Å²) < 4.78 is 60.6. The van der Waals surface area contributed by atoms with Crippen LogP contribution < -0.4 is 19.9 Å². The van der Waals surface area contributed by atoms with Gasteiger partial charge >= 0.3 is 0 Å². The van der Waals surface area contributed by atoms with Crippen molar-refractivity contribution in [1.29, 1.82) is 5.26 Å². The van der Waals surface area contributed by atoms with Crippen LogP contribution in [0.1, 0.15) is 47.4 Å². The molecule has 0 bridgehead atoms. The molecule has 0 radical (unpaired) electrons. The minimum absolute atomic E-state index is 0.00790. The Morgan fingerprint density at radius 2 is 1.94 bits per heavy atom. The Labute approximate surface area is 318 Å². The summed E-state index contributed by atoms with van der Waals surface area (Å²) in [5.74, 6) is -2.17. The number of amides is 1. The van der Waals surface area contributed by atoms with E-state index in [-0.39, 0.29) is 54.6 Å². The van der Waals surface area contributed by atoms with E-state index < -0.39 is 27.4 Å². The molecule has 0 unspecified atom stereocenters. The molecule has 54 heavy (non-hydrogen) atoms. The molecule has 5 aromatic rings. The van der Waals surface area contributed by atoms with Crippen molar-refractivity contribution in [2.45, 2.75) is 57.2 Å². The number of aromatic nitrogens is 4. The van der Waals surface area contributed by atoms with E-state index in [9.17, 15) is 32.0 Å². The molecule has 1 aliphatic heterocycles. The molecule has 1 saturated heterocycles. The molecule has 13 nitrogen and oxygen atoms in total. The molecule has 1 aromatic carbocycles. The van der Waals surface area contributed by atoms with Crippen molar-refractivity contribution < 1.29 is 26.7 Å². The number of thiophene rings is 1. The molecular formula is C36H35ClF2N8O5S2. The molecule has 2 aliphatic rings. The Balaban J connectivity index is 1.12. The van der Waals surface area contributed by atoms with Crippen LogP contribution in [0.2, 0.25) is 5.02 Å². The van der Waals surface area contributed by atoms with Crippen LogP contribution in [0.4, 0.5) is 14.6 Å². The first-order valence-electron chi connectivity index (χ1n) is 17.1. The van der Waals surface area contributed by atoms with E-state index in [1.807, 2.05) is 16.7 Å². The molecule has 282 valence electrons. The van der Waals surface area contributed by atoms with Crippen LogP contribution in [0.25, 0.3) is 32.2 Å². The Hall–Kier alpha value is -4.76. The maximum atomic E-state index is 14.1. The summed E-state index contributed by atoms with van der Waals surface area (Å²) in [6.07, 6.45) is 5.10. The topological polar surface area (TPSA) is 163 Å². The number of pyridine rings is 2. The van der Waals surface area contributed by atoms with Crippen molar-refractivity contribution in [3.8, 4) is 22.9 Å². The van der Waals surface area contributed by atoms with Gasteiger partial charge in [-0.2, -0.15) is 5.26 Å². The van der Waals surface area contributed by atoms with Gasteiger partial charge in [0.15, 0.2) is 0 Å². The van der Waals surface area contributed by atoms with E-state index in [0.717, 1.165) is 6.26 Å². The Bertz CT molecular complexity index is 2510. The summed E-state index contributed by atoms with van der Waals surface area (Å²) in [6, 6.07) is 8.89. The molecular weight excluding hydrogens is 762 g/mol. The lowest BCUT2D eigenvalue weighted by Crippen LogP contribution is -2.55. The fourth-order valence-electron chi connectivity index (χ4n) is 7.26. The lowest BCUT2D eigenvalue weighted by Gasteiger charge is -2.46. The molecule has 5 heterocycles. The summed E-state index contributed by atoms with van der Waals surface area (Å²) in [5, 5.41) is 12.4. The third-order valence-electron chi connectivity index (χ3n) is 10.0. The summed E-state index contributed by atoms with van der Waals surface area (Å²) in [6.45, 7) is 3.14.